The number of aromatic nitrogens is 1. The Morgan fingerprint density at radius 1 is 0.413 bits per heavy atom. The van der Waals surface area contributed by atoms with Gasteiger partial charge < -0.3 is 9.47 Å². The Labute approximate surface area is 272 Å². The molecule has 1 aromatic heterocycles. The van der Waals surface area contributed by atoms with E-state index in [1.54, 1.807) is 0 Å². The number of fused-ring (bicyclic) bond motifs is 11. The largest absolute Gasteiger partial charge is 0.322 e. The summed E-state index contributed by atoms with van der Waals surface area (Å²) >= 11 is 1.87. The monoisotopic (exact) mass is 604 g/mol. The Kier molecular flexibility index (Phi) is 5.46. The van der Waals surface area contributed by atoms with Crippen LogP contribution >= 0.6 is 11.8 Å². The molecule has 0 amide bonds. The maximum absolute atomic E-state index is 2.64. The van der Waals surface area contributed by atoms with Gasteiger partial charge in [0.15, 0.2) is 0 Å². The van der Waals surface area contributed by atoms with Crippen LogP contribution in [0.15, 0.2) is 180 Å². The second kappa shape index (κ2) is 9.74. The summed E-state index contributed by atoms with van der Waals surface area (Å²) in [6.07, 6.45) is 0. The SMILES string of the molecule is c1ccc(-n2c3ccccc3c3cc(N4c5ccccc5Sc5ccccc5C45c4ccccc4-c4ccccc45)ccc32)cc1. The molecule has 3 heteroatoms. The normalized spacial score (nSPS) is 14.1. The van der Waals surface area contributed by atoms with Crippen LogP contribution in [0.5, 0.6) is 0 Å². The zero-order valence-corrected chi connectivity index (χ0v) is 25.8. The Hall–Kier alpha value is -5.51. The lowest BCUT2D eigenvalue weighted by Crippen LogP contribution is -2.44. The molecular weight excluding hydrogens is 577 g/mol. The average Bonchev–Trinajstić information content (AvgIpc) is 3.56. The molecule has 0 fully saturated rings. The predicted octanol–water partition coefficient (Wildman–Crippen LogP) is 11.4. The van der Waals surface area contributed by atoms with Gasteiger partial charge in [-0.3, -0.25) is 0 Å². The molecule has 0 atom stereocenters. The summed E-state index contributed by atoms with van der Waals surface area (Å²) in [6.45, 7) is 0. The highest BCUT2D eigenvalue weighted by Gasteiger charge is 2.52. The van der Waals surface area contributed by atoms with Crippen LogP contribution in [0.1, 0.15) is 16.7 Å². The quantitative estimate of drug-likeness (QED) is 0.194. The van der Waals surface area contributed by atoms with Gasteiger partial charge in [-0.1, -0.05) is 127 Å². The molecule has 1 spiro atoms. The smallest absolute Gasteiger partial charge is 0.123 e. The van der Waals surface area contributed by atoms with Crippen molar-refractivity contribution in [3.05, 3.63) is 187 Å². The van der Waals surface area contributed by atoms with E-state index >= 15 is 0 Å². The highest BCUT2D eigenvalue weighted by Crippen LogP contribution is 2.62. The van der Waals surface area contributed by atoms with Crippen LogP contribution in [0.2, 0.25) is 0 Å². The lowest BCUT2D eigenvalue weighted by atomic mass is 9.78. The van der Waals surface area contributed by atoms with Crippen molar-refractivity contribution < 1.29 is 0 Å². The number of benzene rings is 7. The van der Waals surface area contributed by atoms with Crippen LogP contribution in [-0.4, -0.2) is 4.57 Å². The maximum Gasteiger partial charge on any atom is 0.123 e. The van der Waals surface area contributed by atoms with E-state index in [0.29, 0.717) is 0 Å². The molecule has 2 aliphatic rings. The van der Waals surface area contributed by atoms with Gasteiger partial charge in [0.1, 0.15) is 5.54 Å². The van der Waals surface area contributed by atoms with E-state index in [-0.39, 0.29) is 0 Å². The molecule has 2 heterocycles. The van der Waals surface area contributed by atoms with Crippen LogP contribution in [0.25, 0.3) is 38.6 Å². The minimum absolute atomic E-state index is 0.575. The number of hydrogen-bond acceptors (Lipinski definition) is 2. The molecule has 2 nitrogen and oxygen atoms in total. The fraction of sp³-hybridized carbons (Fsp3) is 0.0233. The van der Waals surface area contributed by atoms with Crippen molar-refractivity contribution in [2.24, 2.45) is 0 Å². The number of rotatable bonds is 2. The van der Waals surface area contributed by atoms with E-state index < -0.39 is 5.54 Å². The fourth-order valence-corrected chi connectivity index (χ4v) is 9.15. The van der Waals surface area contributed by atoms with Gasteiger partial charge in [0.05, 0.1) is 16.7 Å². The lowest BCUT2D eigenvalue weighted by Gasteiger charge is -2.45. The van der Waals surface area contributed by atoms with E-state index in [9.17, 15) is 0 Å². The van der Waals surface area contributed by atoms with E-state index in [0.717, 1.165) is 0 Å². The molecule has 0 saturated carbocycles. The first-order chi connectivity index (χ1) is 22.8. The fourth-order valence-electron chi connectivity index (χ4n) is 8.03. The Bertz CT molecular complexity index is 2430. The van der Waals surface area contributed by atoms with Crippen molar-refractivity contribution in [2.75, 3.05) is 4.90 Å². The molecule has 10 rings (SSSR count). The minimum atomic E-state index is -0.575. The average molecular weight is 605 g/mol. The number of nitrogens with zero attached hydrogens (tertiary/aromatic N) is 2. The van der Waals surface area contributed by atoms with Crippen molar-refractivity contribution in [1.82, 2.24) is 4.57 Å². The number of hydrogen-bond donors (Lipinski definition) is 0. The molecule has 1 aliphatic carbocycles. The first-order valence-corrected chi connectivity index (χ1v) is 16.6. The van der Waals surface area contributed by atoms with Crippen LogP contribution in [0.4, 0.5) is 11.4 Å². The molecule has 0 saturated heterocycles. The topological polar surface area (TPSA) is 8.17 Å². The van der Waals surface area contributed by atoms with Crippen molar-refractivity contribution in [3.63, 3.8) is 0 Å². The highest BCUT2D eigenvalue weighted by atomic mass is 32.2. The van der Waals surface area contributed by atoms with Crippen LogP contribution in [-0.2, 0) is 5.54 Å². The molecule has 8 aromatic rings. The summed E-state index contributed by atoms with van der Waals surface area (Å²) in [7, 11) is 0. The Morgan fingerprint density at radius 2 is 1.00 bits per heavy atom. The molecule has 7 aromatic carbocycles. The molecule has 46 heavy (non-hydrogen) atoms. The summed E-state index contributed by atoms with van der Waals surface area (Å²) in [5, 5.41) is 2.50. The molecule has 0 radical (unpaired) electrons. The van der Waals surface area contributed by atoms with Gasteiger partial charge in [-0.15, -0.1) is 0 Å². The van der Waals surface area contributed by atoms with Gasteiger partial charge in [-0.2, -0.15) is 0 Å². The molecule has 0 unspecified atom stereocenters. The summed E-state index contributed by atoms with van der Waals surface area (Å²) in [6, 6.07) is 62.6. The molecule has 0 bridgehead atoms. The standard InChI is InChI=1S/C43H28N2S/c1-2-14-29(15-3-1)44-38-22-10-6-18-33(38)34-28-30(26-27-39(34)44)45-40-23-11-13-25-42(40)46-41-24-12-9-21-37(41)43(45)35-19-7-4-16-31(35)32-17-5-8-20-36(32)43/h1-28H. The first-order valence-electron chi connectivity index (χ1n) is 15.8. The Balaban J connectivity index is 1.36. The highest BCUT2D eigenvalue weighted by molar-refractivity contribution is 7.99. The van der Waals surface area contributed by atoms with Crippen LogP contribution in [0.3, 0.4) is 0 Å². The van der Waals surface area contributed by atoms with E-state index in [1.165, 1.54) is 76.5 Å². The van der Waals surface area contributed by atoms with Gasteiger partial charge in [0, 0.05) is 37.5 Å². The van der Waals surface area contributed by atoms with Crippen molar-refractivity contribution >= 4 is 44.9 Å². The van der Waals surface area contributed by atoms with Crippen molar-refractivity contribution in [1.29, 1.82) is 0 Å². The molecule has 1 aliphatic heterocycles. The third-order valence-corrected chi connectivity index (χ3v) is 10.9. The summed E-state index contributed by atoms with van der Waals surface area (Å²) in [4.78, 5) is 5.17. The summed E-state index contributed by atoms with van der Waals surface area (Å²) in [5.41, 5.74) is 11.9. The van der Waals surface area contributed by atoms with Gasteiger partial charge in [0.2, 0.25) is 0 Å². The zero-order valence-electron chi connectivity index (χ0n) is 25.0. The second-order valence-corrected chi connectivity index (χ2v) is 13.2. The molecular formula is C43H28N2S. The van der Waals surface area contributed by atoms with Crippen molar-refractivity contribution in [2.45, 2.75) is 15.3 Å². The maximum atomic E-state index is 2.64. The third kappa shape index (κ3) is 3.38. The van der Waals surface area contributed by atoms with E-state index in [4.69, 9.17) is 0 Å². The number of para-hydroxylation sites is 3. The third-order valence-electron chi connectivity index (χ3n) is 9.79. The van der Waals surface area contributed by atoms with Crippen LogP contribution < -0.4 is 4.90 Å². The van der Waals surface area contributed by atoms with Gasteiger partial charge in [-0.05, 0) is 76.9 Å². The van der Waals surface area contributed by atoms with Crippen LogP contribution in [0, 0.1) is 0 Å². The second-order valence-electron chi connectivity index (χ2n) is 12.1. The zero-order chi connectivity index (χ0) is 30.2. The first kappa shape index (κ1) is 25.8. The molecule has 216 valence electrons. The summed E-state index contributed by atoms with van der Waals surface area (Å²) < 4.78 is 2.39. The predicted molar refractivity (Wildman–Crippen MR) is 192 cm³/mol. The number of anilines is 2. The molecule has 0 N–H and O–H groups in total. The van der Waals surface area contributed by atoms with E-state index in [1.807, 2.05) is 11.8 Å². The Morgan fingerprint density at radius 3 is 1.78 bits per heavy atom. The summed E-state index contributed by atoms with van der Waals surface area (Å²) in [5.74, 6) is 0. The minimum Gasteiger partial charge on any atom is -0.322 e. The van der Waals surface area contributed by atoms with Gasteiger partial charge in [-0.25, -0.2) is 0 Å². The van der Waals surface area contributed by atoms with Crippen molar-refractivity contribution in [3.8, 4) is 16.8 Å². The van der Waals surface area contributed by atoms with E-state index in [2.05, 4.69) is 179 Å². The van der Waals surface area contributed by atoms with Gasteiger partial charge in [0.25, 0.3) is 0 Å². The van der Waals surface area contributed by atoms with Gasteiger partial charge >= 0.3 is 0 Å². The lowest BCUT2D eigenvalue weighted by molar-refractivity contribution is 0.631.